The summed E-state index contributed by atoms with van der Waals surface area (Å²) in [4.78, 5) is 36.6. The van der Waals surface area contributed by atoms with Crippen molar-refractivity contribution in [2.24, 2.45) is 0 Å². The zero-order valence-corrected chi connectivity index (χ0v) is 21.2. The highest BCUT2D eigenvalue weighted by Crippen LogP contribution is 2.34. The maximum Gasteiger partial charge on any atom is 0.407 e. The maximum atomic E-state index is 12.6. The van der Waals surface area contributed by atoms with Gasteiger partial charge in [0.1, 0.15) is 18.5 Å². The summed E-state index contributed by atoms with van der Waals surface area (Å²) in [5.74, 6) is -2.77. The minimum Gasteiger partial charge on any atom is -0.445 e. The van der Waals surface area contributed by atoms with Crippen molar-refractivity contribution < 1.29 is 38.1 Å². The van der Waals surface area contributed by atoms with Gasteiger partial charge in [-0.25, -0.2) is 14.4 Å². The number of amides is 1. The summed E-state index contributed by atoms with van der Waals surface area (Å²) < 4.78 is 27.9. The second kappa shape index (κ2) is 16.4. The number of esters is 2. The highest BCUT2D eigenvalue weighted by molar-refractivity contribution is 7.39. The van der Waals surface area contributed by atoms with Crippen molar-refractivity contribution in [3.63, 3.8) is 0 Å². The first-order valence-electron chi connectivity index (χ1n) is 12.2. The zero-order chi connectivity index (χ0) is 25.5. The Morgan fingerprint density at radius 2 is 1.94 bits per heavy atom. The summed E-state index contributed by atoms with van der Waals surface area (Å²) in [5, 5.41) is 15.6. The fraction of sp³-hybridized carbons (Fsp3) is 0.625. The first-order valence-corrected chi connectivity index (χ1v) is 13.6. The third kappa shape index (κ3) is 11.3. The van der Waals surface area contributed by atoms with Gasteiger partial charge in [-0.2, -0.15) is 0 Å². The van der Waals surface area contributed by atoms with Gasteiger partial charge in [-0.15, -0.1) is 0 Å². The van der Waals surface area contributed by atoms with E-state index in [4.69, 9.17) is 14.0 Å². The molecule has 1 aliphatic rings. The van der Waals surface area contributed by atoms with E-state index in [0.717, 1.165) is 18.4 Å². The van der Waals surface area contributed by atoms with Crippen LogP contribution in [0.1, 0.15) is 63.9 Å². The van der Waals surface area contributed by atoms with Gasteiger partial charge in [0.05, 0.1) is 0 Å². The third-order valence-corrected chi connectivity index (χ3v) is 6.90. The van der Waals surface area contributed by atoms with Crippen LogP contribution in [0.3, 0.4) is 0 Å². The predicted octanol–water partition coefficient (Wildman–Crippen LogP) is 3.27. The first kappa shape index (κ1) is 29.0. The van der Waals surface area contributed by atoms with E-state index >= 15 is 0 Å². The van der Waals surface area contributed by atoms with Gasteiger partial charge in [0.25, 0.3) is 0 Å². The molecule has 0 aliphatic carbocycles. The summed E-state index contributed by atoms with van der Waals surface area (Å²) in [6.45, 7) is 3.08. The number of aliphatic hydroxyl groups excluding tert-OH is 1. The highest BCUT2D eigenvalue weighted by atomic mass is 31.1. The summed E-state index contributed by atoms with van der Waals surface area (Å²) in [6, 6.07) is 8.75. The monoisotopic (exact) mass is 512 g/mol. The van der Waals surface area contributed by atoms with Crippen LogP contribution in [0.25, 0.3) is 0 Å². The molecule has 10 nitrogen and oxygen atoms in total. The molecule has 0 radical (unpaired) electrons. The number of nitrogens with one attached hydrogen (secondary N) is 2. The van der Waals surface area contributed by atoms with E-state index in [-0.39, 0.29) is 13.0 Å². The Balaban J connectivity index is 1.78. The van der Waals surface area contributed by atoms with Crippen LogP contribution in [0.15, 0.2) is 30.3 Å². The predicted molar refractivity (Wildman–Crippen MR) is 130 cm³/mol. The number of unbranched alkanes of at least 4 members (excludes halogenated alkanes) is 2. The van der Waals surface area contributed by atoms with Crippen molar-refractivity contribution >= 4 is 26.1 Å². The van der Waals surface area contributed by atoms with E-state index in [0.29, 0.717) is 45.2 Å². The lowest BCUT2D eigenvalue weighted by Gasteiger charge is -2.19. The van der Waals surface area contributed by atoms with Gasteiger partial charge in [0, 0.05) is 6.54 Å². The molecule has 1 fully saturated rings. The summed E-state index contributed by atoms with van der Waals surface area (Å²) in [5.41, 5.74) is 0.875. The number of hydrogen-bond acceptors (Lipinski definition) is 9. The van der Waals surface area contributed by atoms with Crippen molar-refractivity contribution in [3.8, 4) is 0 Å². The number of ether oxygens (including phenoxy) is 2. The smallest absolute Gasteiger partial charge is 0.407 e. The summed E-state index contributed by atoms with van der Waals surface area (Å²) in [7, 11) is -2.94. The van der Waals surface area contributed by atoms with Crippen LogP contribution in [-0.2, 0) is 34.8 Å². The second-order valence-electron chi connectivity index (χ2n) is 8.46. The van der Waals surface area contributed by atoms with Gasteiger partial charge in [-0.3, -0.25) is 4.57 Å². The standard InChI is InChI=1S/C24H37N2O8P/c1-2-3-14-21(27)35(31)34-20(23(29)33-22(28)19-12-9-16-25-19)13-7-8-15-26-24(30)32-17-18-10-5-4-6-11-18/h4-6,10-11,19-21,25,27,35H,2-3,7-9,12-17H2,1H3,(H,26,30)/t19-,20?,21?/m0/s1. The van der Waals surface area contributed by atoms with Crippen molar-refractivity contribution in [1.82, 2.24) is 10.6 Å². The van der Waals surface area contributed by atoms with Crippen LogP contribution in [0.4, 0.5) is 4.79 Å². The molecule has 1 aromatic rings. The number of hydrogen-bond donors (Lipinski definition) is 3. The Bertz CT molecular complexity index is 817. The fourth-order valence-corrected chi connectivity index (χ4v) is 4.59. The molecule has 196 valence electrons. The van der Waals surface area contributed by atoms with Gasteiger partial charge in [0.2, 0.25) is 8.03 Å². The Hall–Kier alpha value is -2.26. The lowest BCUT2D eigenvalue weighted by Crippen LogP contribution is -2.37. The number of aliphatic hydroxyl groups is 1. The van der Waals surface area contributed by atoms with E-state index in [1.54, 1.807) is 0 Å². The fourth-order valence-electron chi connectivity index (χ4n) is 3.50. The molecule has 1 saturated heterocycles. The molecular weight excluding hydrogens is 475 g/mol. The molecule has 0 saturated carbocycles. The van der Waals surface area contributed by atoms with E-state index in [9.17, 15) is 24.1 Å². The van der Waals surface area contributed by atoms with Crippen LogP contribution in [0.5, 0.6) is 0 Å². The molecule has 2 rings (SSSR count). The van der Waals surface area contributed by atoms with E-state index in [2.05, 4.69) is 10.6 Å². The minimum atomic E-state index is -2.94. The van der Waals surface area contributed by atoms with Crippen molar-refractivity contribution in [3.05, 3.63) is 35.9 Å². The average molecular weight is 513 g/mol. The molecular formula is C24H37N2O8P. The Kier molecular flexibility index (Phi) is 13.6. The number of alkyl carbamates (subject to hydrolysis) is 1. The lowest BCUT2D eigenvalue weighted by molar-refractivity contribution is -0.166. The molecule has 35 heavy (non-hydrogen) atoms. The zero-order valence-electron chi connectivity index (χ0n) is 20.2. The molecule has 0 aromatic heterocycles. The molecule has 1 heterocycles. The quantitative estimate of drug-likeness (QED) is 0.140. The lowest BCUT2D eigenvalue weighted by atomic mass is 10.1. The molecule has 3 unspecified atom stereocenters. The van der Waals surface area contributed by atoms with Crippen molar-refractivity contribution in [1.29, 1.82) is 0 Å². The van der Waals surface area contributed by atoms with E-state index in [1.165, 1.54) is 0 Å². The molecule has 11 heteroatoms. The van der Waals surface area contributed by atoms with Crippen LogP contribution < -0.4 is 10.6 Å². The van der Waals surface area contributed by atoms with E-state index < -0.39 is 44.1 Å². The topological polar surface area (TPSA) is 140 Å². The Morgan fingerprint density at radius 1 is 1.17 bits per heavy atom. The van der Waals surface area contributed by atoms with Gasteiger partial charge in [-0.1, -0.05) is 50.1 Å². The van der Waals surface area contributed by atoms with Crippen LogP contribution in [0, 0.1) is 0 Å². The molecule has 0 bridgehead atoms. The Morgan fingerprint density at radius 3 is 2.63 bits per heavy atom. The normalized spacial score (nSPS) is 17.8. The molecule has 4 atom stereocenters. The molecule has 1 amide bonds. The molecule has 1 aliphatic heterocycles. The highest BCUT2D eigenvalue weighted by Gasteiger charge is 2.31. The van der Waals surface area contributed by atoms with Crippen LogP contribution >= 0.6 is 8.03 Å². The SMILES string of the molecule is CCCCC(O)[PH](=O)OC(CCCCNC(=O)OCc1ccccc1)C(=O)OC(=O)[C@@H]1CCCN1. The summed E-state index contributed by atoms with van der Waals surface area (Å²) >= 11 is 0. The second-order valence-corrected chi connectivity index (χ2v) is 10.00. The number of carbonyl (C=O) groups is 3. The third-order valence-electron chi connectivity index (χ3n) is 5.55. The van der Waals surface area contributed by atoms with Crippen molar-refractivity contribution in [2.45, 2.75) is 82.9 Å². The average Bonchev–Trinajstić information content (AvgIpc) is 3.41. The molecule has 3 N–H and O–H groups in total. The summed E-state index contributed by atoms with van der Waals surface area (Å²) in [6.07, 6.45) is 2.43. The molecule has 0 spiro atoms. The van der Waals surface area contributed by atoms with Gasteiger partial charge >= 0.3 is 18.0 Å². The van der Waals surface area contributed by atoms with E-state index in [1.807, 2.05) is 37.3 Å². The number of rotatable bonds is 15. The van der Waals surface area contributed by atoms with Gasteiger partial charge in [0.15, 0.2) is 6.10 Å². The van der Waals surface area contributed by atoms with Crippen LogP contribution in [-0.4, -0.2) is 54.2 Å². The van der Waals surface area contributed by atoms with Crippen LogP contribution in [0.2, 0.25) is 0 Å². The Labute approximate surface area is 207 Å². The first-order chi connectivity index (χ1) is 16.9. The number of benzene rings is 1. The minimum absolute atomic E-state index is 0.127. The number of carbonyl (C=O) groups excluding carboxylic acids is 3. The maximum absolute atomic E-state index is 12.6. The largest absolute Gasteiger partial charge is 0.445 e. The molecule has 1 aromatic carbocycles. The van der Waals surface area contributed by atoms with Crippen molar-refractivity contribution in [2.75, 3.05) is 13.1 Å². The van der Waals surface area contributed by atoms with Gasteiger partial charge < -0.3 is 29.7 Å². The van der Waals surface area contributed by atoms with Gasteiger partial charge in [-0.05, 0) is 50.6 Å².